The van der Waals surface area contributed by atoms with Gasteiger partial charge in [-0.25, -0.2) is 14.3 Å². The number of nitrogens with one attached hydrogen (secondary N) is 1. The molecule has 9 heteroatoms. The van der Waals surface area contributed by atoms with Crippen LogP contribution in [0.15, 0.2) is 77.9 Å². The first kappa shape index (κ1) is 21.1. The topological polar surface area (TPSA) is 81.5 Å². The fraction of sp³-hybridized carbons (Fsp3) is 0.0435. The number of hydrogen-bond donors (Lipinski definition) is 1. The molecule has 0 aliphatic heterocycles. The van der Waals surface area contributed by atoms with Gasteiger partial charge < -0.3 is 9.47 Å². The molecular weight excluding hydrogens is 431 g/mol. The van der Waals surface area contributed by atoms with Crippen LogP contribution in [0, 0.1) is 10.6 Å². The third-order valence-corrected chi connectivity index (χ3v) is 4.75. The first-order chi connectivity index (χ1) is 15.6. The van der Waals surface area contributed by atoms with Crippen LogP contribution in [0.5, 0.6) is 11.5 Å². The summed E-state index contributed by atoms with van der Waals surface area (Å²) in [6.07, 6.45) is 1.57. The molecule has 0 unspecified atom stereocenters. The first-order valence-corrected chi connectivity index (χ1v) is 9.89. The van der Waals surface area contributed by atoms with Crippen LogP contribution in [-0.4, -0.2) is 34.2 Å². The molecule has 0 spiro atoms. The number of ether oxygens (including phenoxy) is 2. The van der Waals surface area contributed by atoms with Crippen molar-refractivity contribution < 1.29 is 18.7 Å². The van der Waals surface area contributed by atoms with Gasteiger partial charge in [0.1, 0.15) is 5.82 Å². The minimum atomic E-state index is -0.819. The van der Waals surface area contributed by atoms with Crippen molar-refractivity contribution in [1.29, 1.82) is 0 Å². The Morgan fingerprint density at radius 1 is 1.09 bits per heavy atom. The lowest BCUT2D eigenvalue weighted by molar-refractivity contribution is 0.0725. The maximum absolute atomic E-state index is 13.8. The Balaban J connectivity index is 1.59. The zero-order valence-corrected chi connectivity index (χ0v) is 17.7. The number of aromatic nitrogens is 3. The van der Waals surface area contributed by atoms with E-state index in [1.54, 1.807) is 30.5 Å². The van der Waals surface area contributed by atoms with Gasteiger partial charge in [-0.3, -0.25) is 0 Å². The van der Waals surface area contributed by atoms with Gasteiger partial charge in [0, 0.05) is 5.56 Å². The molecule has 1 heterocycles. The smallest absolute Gasteiger partial charge is 0.346 e. The number of methoxy groups -OCH3 is 1. The lowest BCUT2D eigenvalue weighted by atomic mass is 10.2. The summed E-state index contributed by atoms with van der Waals surface area (Å²) in [5, 5.41) is 11.4. The molecule has 0 bridgehead atoms. The largest absolute Gasteiger partial charge is 0.493 e. The Labute approximate surface area is 187 Å². The van der Waals surface area contributed by atoms with Crippen molar-refractivity contribution in [3.63, 3.8) is 0 Å². The van der Waals surface area contributed by atoms with Crippen molar-refractivity contribution in [1.82, 2.24) is 14.9 Å². The molecule has 1 N–H and O–H groups in total. The van der Waals surface area contributed by atoms with Crippen LogP contribution in [0.4, 0.5) is 4.39 Å². The normalized spacial score (nSPS) is 10.9. The van der Waals surface area contributed by atoms with Gasteiger partial charge in [-0.1, -0.05) is 42.5 Å². The van der Waals surface area contributed by atoms with Crippen LogP contribution in [0.1, 0.15) is 15.9 Å². The number of esters is 1. The highest BCUT2D eigenvalue weighted by molar-refractivity contribution is 7.71. The fourth-order valence-electron chi connectivity index (χ4n) is 2.93. The van der Waals surface area contributed by atoms with E-state index in [2.05, 4.69) is 15.3 Å². The summed E-state index contributed by atoms with van der Waals surface area (Å²) in [5.74, 6) is -0.471. The molecule has 0 fully saturated rings. The number of carbonyl (C=O) groups excluding carboxylic acids is 1. The summed E-state index contributed by atoms with van der Waals surface area (Å²) >= 11 is 5.28. The van der Waals surface area contributed by atoms with Crippen LogP contribution < -0.4 is 9.47 Å². The highest BCUT2D eigenvalue weighted by Crippen LogP contribution is 2.29. The summed E-state index contributed by atoms with van der Waals surface area (Å²) in [4.78, 5) is 12.3. The molecule has 0 saturated carbocycles. The molecule has 4 aromatic rings. The second-order valence-electron chi connectivity index (χ2n) is 6.55. The van der Waals surface area contributed by atoms with Gasteiger partial charge in [0.25, 0.3) is 0 Å². The second-order valence-corrected chi connectivity index (χ2v) is 6.94. The van der Waals surface area contributed by atoms with E-state index in [4.69, 9.17) is 21.7 Å². The zero-order valence-electron chi connectivity index (χ0n) is 16.9. The summed E-state index contributed by atoms with van der Waals surface area (Å²) in [7, 11) is 1.44. The quantitative estimate of drug-likeness (QED) is 0.197. The average Bonchev–Trinajstić information content (AvgIpc) is 3.19. The van der Waals surface area contributed by atoms with E-state index in [0.717, 1.165) is 5.56 Å². The molecular formula is C23H17FN4O3S. The molecule has 32 heavy (non-hydrogen) atoms. The van der Waals surface area contributed by atoms with Gasteiger partial charge in [-0.15, -0.1) is 0 Å². The molecule has 4 rings (SSSR count). The van der Waals surface area contributed by atoms with E-state index in [1.807, 2.05) is 30.3 Å². The first-order valence-electron chi connectivity index (χ1n) is 9.49. The van der Waals surface area contributed by atoms with Gasteiger partial charge in [-0.05, 0) is 48.1 Å². The minimum Gasteiger partial charge on any atom is -0.493 e. The molecule has 0 saturated heterocycles. The molecule has 0 radical (unpaired) electrons. The zero-order chi connectivity index (χ0) is 22.5. The molecule has 1 aromatic heterocycles. The van der Waals surface area contributed by atoms with Gasteiger partial charge in [0.05, 0.1) is 18.9 Å². The Bertz CT molecular complexity index is 1350. The van der Waals surface area contributed by atoms with E-state index in [0.29, 0.717) is 16.2 Å². The molecule has 160 valence electrons. The fourth-order valence-corrected chi connectivity index (χ4v) is 3.11. The van der Waals surface area contributed by atoms with Gasteiger partial charge in [0.2, 0.25) is 4.77 Å². The van der Waals surface area contributed by atoms with Crippen LogP contribution >= 0.6 is 12.2 Å². The van der Waals surface area contributed by atoms with Crippen molar-refractivity contribution in [2.24, 2.45) is 5.10 Å². The molecule has 3 aromatic carbocycles. The summed E-state index contributed by atoms with van der Waals surface area (Å²) in [6, 6.07) is 20.0. The number of halogens is 1. The van der Waals surface area contributed by atoms with Crippen molar-refractivity contribution in [2.75, 3.05) is 7.11 Å². The van der Waals surface area contributed by atoms with Gasteiger partial charge in [0.15, 0.2) is 17.3 Å². The number of aromatic amines is 1. The molecule has 0 aliphatic carbocycles. The standard InChI is InChI=1S/C23H17FN4O3S/c1-30-20-13-15(11-12-19(20)31-22(29)17-9-5-6-10-18(17)24)14-25-28-21(26-27-23(28)32)16-7-3-2-4-8-16/h2-14H,1H3,(H,27,32)/b25-14+. The van der Waals surface area contributed by atoms with Crippen LogP contribution in [-0.2, 0) is 0 Å². The van der Waals surface area contributed by atoms with Crippen molar-refractivity contribution >= 4 is 24.4 Å². The van der Waals surface area contributed by atoms with Gasteiger partial charge >= 0.3 is 5.97 Å². The number of H-pyrrole nitrogens is 1. The van der Waals surface area contributed by atoms with Crippen LogP contribution in [0.3, 0.4) is 0 Å². The van der Waals surface area contributed by atoms with E-state index in [9.17, 15) is 9.18 Å². The lowest BCUT2D eigenvalue weighted by Crippen LogP contribution is -2.11. The summed E-state index contributed by atoms with van der Waals surface area (Å²) in [6.45, 7) is 0. The molecule has 0 amide bonds. The summed E-state index contributed by atoms with van der Waals surface area (Å²) < 4.78 is 26.3. The highest BCUT2D eigenvalue weighted by atomic mass is 32.1. The number of hydrogen-bond acceptors (Lipinski definition) is 6. The van der Waals surface area contributed by atoms with Crippen LogP contribution in [0.2, 0.25) is 0 Å². The van der Waals surface area contributed by atoms with E-state index < -0.39 is 11.8 Å². The molecule has 7 nitrogen and oxygen atoms in total. The maximum Gasteiger partial charge on any atom is 0.346 e. The predicted octanol–water partition coefficient (Wildman–Crippen LogP) is 4.86. The Morgan fingerprint density at radius 3 is 2.59 bits per heavy atom. The highest BCUT2D eigenvalue weighted by Gasteiger charge is 2.16. The number of rotatable bonds is 6. The third kappa shape index (κ3) is 4.47. The Hall–Kier alpha value is -4.11. The monoisotopic (exact) mass is 448 g/mol. The predicted molar refractivity (Wildman–Crippen MR) is 120 cm³/mol. The molecule has 0 atom stereocenters. The molecule has 0 aliphatic rings. The number of benzene rings is 3. The van der Waals surface area contributed by atoms with E-state index in [1.165, 1.54) is 30.0 Å². The average molecular weight is 448 g/mol. The minimum absolute atomic E-state index is 0.155. The number of carbonyl (C=O) groups is 1. The maximum atomic E-state index is 13.8. The van der Waals surface area contributed by atoms with Crippen molar-refractivity contribution in [3.8, 4) is 22.9 Å². The van der Waals surface area contributed by atoms with Crippen molar-refractivity contribution in [3.05, 3.63) is 94.5 Å². The number of nitrogens with zero attached hydrogens (tertiary/aromatic N) is 3. The lowest BCUT2D eigenvalue weighted by Gasteiger charge is -2.10. The second kappa shape index (κ2) is 9.36. The third-order valence-electron chi connectivity index (χ3n) is 4.49. The Kier molecular flexibility index (Phi) is 6.18. The summed E-state index contributed by atoms with van der Waals surface area (Å²) in [5.41, 5.74) is 1.35. The van der Waals surface area contributed by atoms with Crippen LogP contribution in [0.25, 0.3) is 11.4 Å². The van der Waals surface area contributed by atoms with E-state index in [-0.39, 0.29) is 17.1 Å². The van der Waals surface area contributed by atoms with Crippen molar-refractivity contribution in [2.45, 2.75) is 0 Å². The van der Waals surface area contributed by atoms with Gasteiger partial charge in [-0.2, -0.15) is 14.9 Å². The SMILES string of the molecule is COc1cc(/C=N/n2c(-c3ccccc3)n[nH]c2=S)ccc1OC(=O)c1ccccc1F. The van der Waals surface area contributed by atoms with E-state index >= 15 is 0 Å². The Morgan fingerprint density at radius 2 is 1.84 bits per heavy atom.